The average molecular weight is 585 g/mol. The predicted molar refractivity (Wildman–Crippen MR) is 166 cm³/mol. The molecule has 218 valence electrons. The van der Waals surface area contributed by atoms with Gasteiger partial charge in [0.15, 0.2) is 0 Å². The molecule has 0 unspecified atom stereocenters. The Balaban J connectivity index is 1.50. The first-order valence-electron chi connectivity index (χ1n) is 14.5. The molecule has 4 aromatic rings. The summed E-state index contributed by atoms with van der Waals surface area (Å²) in [6, 6.07) is 24.8. The van der Waals surface area contributed by atoms with Crippen molar-refractivity contribution in [2.24, 2.45) is 11.7 Å². The second kappa shape index (κ2) is 12.4. The van der Waals surface area contributed by atoms with Crippen molar-refractivity contribution >= 4 is 40.2 Å². The van der Waals surface area contributed by atoms with E-state index in [0.717, 1.165) is 35.0 Å². The molecule has 0 radical (unpaired) electrons. The van der Waals surface area contributed by atoms with Crippen LogP contribution in [0.1, 0.15) is 42.7 Å². The fraction of sp³-hybridized carbons (Fsp3) is 0.324. The molecule has 1 aromatic heterocycles. The summed E-state index contributed by atoms with van der Waals surface area (Å²) in [5.74, 6) is -1.47. The predicted octanol–water partition coefficient (Wildman–Crippen LogP) is 4.75. The van der Waals surface area contributed by atoms with Crippen molar-refractivity contribution < 1.29 is 14.4 Å². The number of nitrogens with zero attached hydrogens (tertiary/aromatic N) is 1. The van der Waals surface area contributed by atoms with Crippen molar-refractivity contribution in [3.05, 3.63) is 106 Å². The minimum atomic E-state index is -1.24. The molecular formula is C34H37ClN4O3. The number of hydrogen-bond donors (Lipinski definition) is 3. The third-order valence-electron chi connectivity index (χ3n) is 8.28. The smallest absolute Gasteiger partial charge is 0.246 e. The lowest BCUT2D eigenvalue weighted by molar-refractivity contribution is -0.136. The first-order valence-corrected chi connectivity index (χ1v) is 14.8. The van der Waals surface area contributed by atoms with Crippen LogP contribution in [0, 0.1) is 5.92 Å². The first kappa shape index (κ1) is 29.4. The Hall–Kier alpha value is -4.10. The molecule has 0 bridgehead atoms. The first-order chi connectivity index (χ1) is 20.2. The summed E-state index contributed by atoms with van der Waals surface area (Å²) >= 11 is 6.03. The monoisotopic (exact) mass is 584 g/mol. The van der Waals surface area contributed by atoms with Gasteiger partial charge in [-0.25, -0.2) is 0 Å². The van der Waals surface area contributed by atoms with E-state index in [1.807, 2.05) is 32.0 Å². The van der Waals surface area contributed by atoms with Crippen molar-refractivity contribution in [1.29, 1.82) is 0 Å². The molecule has 0 fully saturated rings. The Morgan fingerprint density at radius 1 is 0.952 bits per heavy atom. The topological polar surface area (TPSA) is 106 Å². The molecular weight excluding hydrogens is 548 g/mol. The summed E-state index contributed by atoms with van der Waals surface area (Å²) in [5, 5.41) is 7.65. The van der Waals surface area contributed by atoms with E-state index in [2.05, 4.69) is 51.6 Å². The summed E-state index contributed by atoms with van der Waals surface area (Å²) in [4.78, 5) is 39.8. The normalized spacial score (nSPS) is 17.0. The molecule has 0 saturated heterocycles. The molecule has 5 rings (SSSR count). The molecule has 0 spiro atoms. The number of nitrogens with one attached hydrogen (secondary N) is 2. The van der Waals surface area contributed by atoms with Crippen molar-refractivity contribution in [1.82, 2.24) is 15.2 Å². The second-order valence-electron chi connectivity index (χ2n) is 11.5. The lowest BCUT2D eigenvalue weighted by atomic mass is 9.78. The molecule has 7 nitrogen and oxygen atoms in total. The molecule has 3 aromatic carbocycles. The van der Waals surface area contributed by atoms with Crippen LogP contribution in [-0.4, -0.2) is 33.9 Å². The fourth-order valence-electron chi connectivity index (χ4n) is 6.08. The number of rotatable bonds is 10. The van der Waals surface area contributed by atoms with E-state index in [9.17, 15) is 14.4 Å². The van der Waals surface area contributed by atoms with Gasteiger partial charge in [-0.1, -0.05) is 86.1 Å². The van der Waals surface area contributed by atoms with Gasteiger partial charge in [-0.05, 0) is 60.1 Å². The summed E-state index contributed by atoms with van der Waals surface area (Å²) in [7, 11) is 0. The van der Waals surface area contributed by atoms with Crippen molar-refractivity contribution in [3.8, 4) is 0 Å². The highest BCUT2D eigenvalue weighted by atomic mass is 35.5. The minimum Gasteiger partial charge on any atom is -0.368 e. The number of nitrogens with two attached hydrogens (primary N) is 1. The molecule has 0 aliphatic heterocycles. The summed E-state index contributed by atoms with van der Waals surface area (Å²) in [6.45, 7) is 4.47. The maximum absolute atomic E-state index is 14.1. The quantitative estimate of drug-likeness (QED) is 0.250. The van der Waals surface area contributed by atoms with Crippen LogP contribution in [0.2, 0.25) is 5.02 Å². The maximum Gasteiger partial charge on any atom is 0.246 e. The van der Waals surface area contributed by atoms with E-state index >= 15 is 0 Å². The van der Waals surface area contributed by atoms with Gasteiger partial charge in [0.2, 0.25) is 17.7 Å². The largest absolute Gasteiger partial charge is 0.368 e. The van der Waals surface area contributed by atoms with Crippen LogP contribution >= 0.6 is 11.6 Å². The molecule has 2 atom stereocenters. The molecule has 1 aliphatic carbocycles. The second-order valence-corrected chi connectivity index (χ2v) is 12.0. The van der Waals surface area contributed by atoms with E-state index < -0.39 is 23.4 Å². The van der Waals surface area contributed by atoms with Crippen molar-refractivity contribution in [3.63, 3.8) is 0 Å². The summed E-state index contributed by atoms with van der Waals surface area (Å²) < 4.78 is 2.36. The van der Waals surface area contributed by atoms with Crippen LogP contribution in [0.15, 0.2) is 78.9 Å². The van der Waals surface area contributed by atoms with Gasteiger partial charge in [-0.2, -0.15) is 0 Å². The standard InChI is InChI=1S/C34H37ClN4O3/c1-22(2)31(32(36)41)37-33(42)34(38-30(40)20-24-12-14-25(35)15-13-24)18-16-29-27(21-34)26-10-6-7-11-28(26)39(29)19-17-23-8-4-3-5-9-23/h3-15,22,31H,16-21H2,1-2H3,(H2,36,41)(H,37,42)(H,38,40)/t31-,34+/m0/s1. The SMILES string of the molecule is CC(C)[C@H](NC(=O)[C@@]1(NC(=O)Cc2ccc(Cl)cc2)CCc2c(c3ccccc3n2CCc2ccccc2)C1)C(N)=O. The van der Waals surface area contributed by atoms with Gasteiger partial charge in [0, 0.05) is 34.6 Å². The summed E-state index contributed by atoms with van der Waals surface area (Å²) in [6.07, 6.45) is 2.27. The number of primary amides is 1. The minimum absolute atomic E-state index is 0.0985. The van der Waals surface area contributed by atoms with Crippen LogP contribution in [0.4, 0.5) is 0 Å². The maximum atomic E-state index is 14.1. The number of aryl methyl sites for hydroxylation is 2. The van der Waals surface area contributed by atoms with E-state index in [1.54, 1.807) is 24.3 Å². The molecule has 4 N–H and O–H groups in total. The number of para-hydroxylation sites is 1. The number of benzene rings is 3. The summed E-state index contributed by atoms with van der Waals surface area (Å²) in [5.41, 5.74) is 9.80. The zero-order valence-electron chi connectivity index (χ0n) is 24.0. The third-order valence-corrected chi connectivity index (χ3v) is 8.53. The van der Waals surface area contributed by atoms with E-state index in [-0.39, 0.29) is 18.2 Å². The number of hydrogen-bond acceptors (Lipinski definition) is 3. The highest BCUT2D eigenvalue weighted by Gasteiger charge is 2.45. The number of halogens is 1. The molecule has 1 heterocycles. The molecule has 8 heteroatoms. The van der Waals surface area contributed by atoms with Gasteiger partial charge in [-0.3, -0.25) is 14.4 Å². The number of amides is 3. The van der Waals surface area contributed by atoms with Crippen LogP contribution in [0.5, 0.6) is 0 Å². The van der Waals surface area contributed by atoms with Crippen LogP contribution in [0.25, 0.3) is 10.9 Å². The van der Waals surface area contributed by atoms with Crippen molar-refractivity contribution in [2.75, 3.05) is 0 Å². The number of carbonyl (C=O) groups is 3. The van der Waals surface area contributed by atoms with E-state index in [1.165, 1.54) is 11.3 Å². The van der Waals surface area contributed by atoms with Crippen LogP contribution < -0.4 is 16.4 Å². The number of carbonyl (C=O) groups excluding carboxylic acids is 3. The Kier molecular flexibility index (Phi) is 8.69. The molecule has 3 amide bonds. The molecule has 0 saturated carbocycles. The zero-order chi connectivity index (χ0) is 29.9. The van der Waals surface area contributed by atoms with Crippen molar-refractivity contribution in [2.45, 2.75) is 64.1 Å². The van der Waals surface area contributed by atoms with Gasteiger partial charge in [0.1, 0.15) is 11.6 Å². The number of fused-ring (bicyclic) bond motifs is 3. The highest BCUT2D eigenvalue weighted by molar-refractivity contribution is 6.30. The van der Waals surface area contributed by atoms with Crippen LogP contribution in [0.3, 0.4) is 0 Å². The Bertz CT molecular complexity index is 1600. The van der Waals surface area contributed by atoms with Crippen LogP contribution in [-0.2, 0) is 46.6 Å². The van der Waals surface area contributed by atoms with Gasteiger partial charge >= 0.3 is 0 Å². The Morgan fingerprint density at radius 3 is 2.33 bits per heavy atom. The third kappa shape index (κ3) is 6.21. The lowest BCUT2D eigenvalue weighted by Gasteiger charge is -2.38. The van der Waals surface area contributed by atoms with Gasteiger partial charge in [0.25, 0.3) is 0 Å². The molecule has 1 aliphatic rings. The fourth-order valence-corrected chi connectivity index (χ4v) is 6.20. The number of aromatic nitrogens is 1. The van der Waals surface area contributed by atoms with Gasteiger partial charge in [0.05, 0.1) is 6.42 Å². The zero-order valence-corrected chi connectivity index (χ0v) is 24.8. The Labute approximate surface area is 251 Å². The Morgan fingerprint density at radius 2 is 1.64 bits per heavy atom. The lowest BCUT2D eigenvalue weighted by Crippen LogP contribution is -2.64. The highest BCUT2D eigenvalue weighted by Crippen LogP contribution is 2.37. The van der Waals surface area contributed by atoms with E-state index in [4.69, 9.17) is 17.3 Å². The average Bonchev–Trinajstić information content (AvgIpc) is 3.28. The van der Waals surface area contributed by atoms with Gasteiger partial charge in [-0.15, -0.1) is 0 Å². The molecule has 42 heavy (non-hydrogen) atoms. The van der Waals surface area contributed by atoms with Gasteiger partial charge < -0.3 is 20.9 Å². The van der Waals surface area contributed by atoms with E-state index in [0.29, 0.717) is 24.3 Å².